The van der Waals surface area contributed by atoms with E-state index in [4.69, 9.17) is 0 Å². The molecule has 1 rings (SSSR count). The Bertz CT molecular complexity index is 238. The summed E-state index contributed by atoms with van der Waals surface area (Å²) in [7, 11) is 0. The van der Waals surface area contributed by atoms with E-state index in [1.807, 2.05) is 11.3 Å². The zero-order valence-corrected chi connectivity index (χ0v) is 12.2. The van der Waals surface area contributed by atoms with Crippen LogP contribution in [0, 0.1) is 0 Å². The first kappa shape index (κ1) is 14.8. The summed E-state index contributed by atoms with van der Waals surface area (Å²) in [6.45, 7) is 2.29. The number of aryl methyl sites for hydroxylation is 1. The Hall–Kier alpha value is -0.300. The van der Waals surface area contributed by atoms with Crippen LogP contribution in [0.3, 0.4) is 0 Å². The lowest BCUT2D eigenvalue weighted by Crippen LogP contribution is -1.83. The van der Waals surface area contributed by atoms with Crippen LogP contribution in [-0.2, 0) is 6.42 Å². The lowest BCUT2D eigenvalue weighted by atomic mass is 10.1. The predicted molar refractivity (Wildman–Crippen MR) is 79.9 cm³/mol. The summed E-state index contributed by atoms with van der Waals surface area (Å²) in [6, 6.07) is 4.43. The Labute approximate surface area is 111 Å². The van der Waals surface area contributed by atoms with Crippen molar-refractivity contribution in [3.05, 3.63) is 22.4 Å². The molecule has 1 heteroatoms. The molecule has 0 saturated carbocycles. The monoisotopic (exact) mass is 252 g/mol. The second kappa shape index (κ2) is 10.8. The molecule has 1 aromatic heterocycles. The van der Waals surface area contributed by atoms with E-state index in [1.54, 1.807) is 4.88 Å². The summed E-state index contributed by atoms with van der Waals surface area (Å²) in [5.74, 6) is 0. The minimum Gasteiger partial charge on any atom is -0.149 e. The molecule has 0 atom stereocenters. The summed E-state index contributed by atoms with van der Waals surface area (Å²) in [6.07, 6.45) is 15.6. The van der Waals surface area contributed by atoms with Gasteiger partial charge in [0.2, 0.25) is 0 Å². The van der Waals surface area contributed by atoms with Crippen LogP contribution < -0.4 is 0 Å². The van der Waals surface area contributed by atoms with Crippen molar-refractivity contribution in [3.8, 4) is 0 Å². The van der Waals surface area contributed by atoms with Gasteiger partial charge in [0.25, 0.3) is 0 Å². The van der Waals surface area contributed by atoms with Gasteiger partial charge in [-0.05, 0) is 24.3 Å². The third-order valence-corrected chi connectivity index (χ3v) is 4.29. The van der Waals surface area contributed by atoms with E-state index in [1.165, 1.54) is 70.6 Å². The molecule has 0 N–H and O–H groups in total. The molecule has 0 bridgehead atoms. The number of hydrogen-bond acceptors (Lipinski definition) is 1. The Morgan fingerprint density at radius 1 is 0.824 bits per heavy atom. The van der Waals surface area contributed by atoms with E-state index in [0.717, 1.165) is 0 Å². The Balaban J connectivity index is 1.76. The zero-order valence-electron chi connectivity index (χ0n) is 11.4. The second-order valence-electron chi connectivity index (χ2n) is 5.01. The number of thiophene rings is 1. The van der Waals surface area contributed by atoms with Gasteiger partial charge in [0, 0.05) is 4.88 Å². The molecular weight excluding hydrogens is 224 g/mol. The quantitative estimate of drug-likeness (QED) is 0.411. The van der Waals surface area contributed by atoms with Crippen molar-refractivity contribution in [3.63, 3.8) is 0 Å². The highest BCUT2D eigenvalue weighted by Crippen LogP contribution is 2.14. The Morgan fingerprint density at radius 3 is 1.94 bits per heavy atom. The normalized spacial score (nSPS) is 10.9. The molecule has 1 heterocycles. The molecule has 0 nitrogen and oxygen atoms in total. The highest BCUT2D eigenvalue weighted by molar-refractivity contribution is 7.09. The highest BCUT2D eigenvalue weighted by Gasteiger charge is 1.95. The minimum atomic E-state index is 1.30. The Morgan fingerprint density at radius 2 is 1.41 bits per heavy atom. The summed E-state index contributed by atoms with van der Waals surface area (Å²) in [4.78, 5) is 1.56. The fourth-order valence-corrected chi connectivity index (χ4v) is 2.99. The fraction of sp³-hybridized carbons (Fsp3) is 0.750. The molecule has 0 aliphatic rings. The average Bonchev–Trinajstić information content (AvgIpc) is 2.85. The van der Waals surface area contributed by atoms with E-state index >= 15 is 0 Å². The highest BCUT2D eigenvalue weighted by atomic mass is 32.1. The SMILES string of the molecule is CCCCCCCCCCCCc1cccs1. The largest absolute Gasteiger partial charge is 0.149 e. The van der Waals surface area contributed by atoms with E-state index in [0.29, 0.717) is 0 Å². The van der Waals surface area contributed by atoms with Gasteiger partial charge in [-0.15, -0.1) is 11.3 Å². The van der Waals surface area contributed by atoms with Gasteiger partial charge in [0.05, 0.1) is 0 Å². The first-order chi connectivity index (χ1) is 8.43. The van der Waals surface area contributed by atoms with Gasteiger partial charge in [0.15, 0.2) is 0 Å². The van der Waals surface area contributed by atoms with E-state index in [9.17, 15) is 0 Å². The van der Waals surface area contributed by atoms with Crippen LogP contribution >= 0.6 is 11.3 Å². The van der Waals surface area contributed by atoms with E-state index < -0.39 is 0 Å². The summed E-state index contributed by atoms with van der Waals surface area (Å²) in [5.41, 5.74) is 0. The second-order valence-corrected chi connectivity index (χ2v) is 6.04. The van der Waals surface area contributed by atoms with Crippen molar-refractivity contribution in [1.29, 1.82) is 0 Å². The first-order valence-corrected chi connectivity index (χ1v) is 8.34. The third-order valence-electron chi connectivity index (χ3n) is 3.36. The molecule has 17 heavy (non-hydrogen) atoms. The lowest BCUT2D eigenvalue weighted by molar-refractivity contribution is 0.557. The first-order valence-electron chi connectivity index (χ1n) is 7.46. The maximum atomic E-state index is 2.29. The van der Waals surface area contributed by atoms with Crippen LogP contribution in [0.4, 0.5) is 0 Å². The number of rotatable bonds is 11. The van der Waals surface area contributed by atoms with Crippen LogP contribution in [0.2, 0.25) is 0 Å². The molecule has 0 radical (unpaired) electrons. The standard InChI is InChI=1S/C16H28S/c1-2-3-4-5-6-7-8-9-10-11-13-16-14-12-15-17-16/h12,14-15H,2-11,13H2,1H3. The van der Waals surface area contributed by atoms with Crippen molar-refractivity contribution in [2.45, 2.75) is 77.6 Å². The maximum absolute atomic E-state index is 2.29. The van der Waals surface area contributed by atoms with Crippen LogP contribution in [0.5, 0.6) is 0 Å². The van der Waals surface area contributed by atoms with E-state index in [-0.39, 0.29) is 0 Å². The predicted octanol–water partition coefficient (Wildman–Crippen LogP) is 6.21. The van der Waals surface area contributed by atoms with Gasteiger partial charge in [-0.2, -0.15) is 0 Å². The maximum Gasteiger partial charge on any atom is 0.00452 e. The van der Waals surface area contributed by atoms with E-state index in [2.05, 4.69) is 24.4 Å². The summed E-state index contributed by atoms with van der Waals surface area (Å²) < 4.78 is 0. The van der Waals surface area contributed by atoms with Crippen molar-refractivity contribution < 1.29 is 0 Å². The van der Waals surface area contributed by atoms with Crippen molar-refractivity contribution >= 4 is 11.3 Å². The van der Waals surface area contributed by atoms with Crippen molar-refractivity contribution in [1.82, 2.24) is 0 Å². The number of hydrogen-bond donors (Lipinski definition) is 0. The molecular formula is C16H28S. The fourth-order valence-electron chi connectivity index (χ4n) is 2.24. The van der Waals surface area contributed by atoms with Crippen molar-refractivity contribution in [2.24, 2.45) is 0 Å². The van der Waals surface area contributed by atoms with Crippen LogP contribution in [0.1, 0.15) is 76.0 Å². The summed E-state index contributed by atoms with van der Waals surface area (Å²) >= 11 is 1.90. The molecule has 0 unspecified atom stereocenters. The molecule has 1 aromatic rings. The van der Waals surface area contributed by atoms with Crippen molar-refractivity contribution in [2.75, 3.05) is 0 Å². The van der Waals surface area contributed by atoms with Crippen LogP contribution in [0.25, 0.3) is 0 Å². The molecule has 0 spiro atoms. The smallest absolute Gasteiger partial charge is 0.00452 e. The van der Waals surface area contributed by atoms with Gasteiger partial charge in [-0.3, -0.25) is 0 Å². The summed E-state index contributed by atoms with van der Waals surface area (Å²) in [5, 5.41) is 2.19. The van der Waals surface area contributed by atoms with Crippen LogP contribution in [0.15, 0.2) is 17.5 Å². The molecule has 0 aliphatic carbocycles. The zero-order chi connectivity index (χ0) is 12.2. The molecule has 0 fully saturated rings. The molecule has 0 saturated heterocycles. The Kier molecular flexibility index (Phi) is 9.40. The van der Waals surface area contributed by atoms with Gasteiger partial charge in [-0.1, -0.05) is 70.8 Å². The molecule has 0 amide bonds. The van der Waals surface area contributed by atoms with Gasteiger partial charge >= 0.3 is 0 Å². The molecule has 0 aromatic carbocycles. The van der Waals surface area contributed by atoms with Gasteiger partial charge in [0.1, 0.15) is 0 Å². The third kappa shape index (κ3) is 8.43. The average molecular weight is 252 g/mol. The minimum absolute atomic E-state index is 1.30. The topological polar surface area (TPSA) is 0 Å². The van der Waals surface area contributed by atoms with Crippen LogP contribution in [-0.4, -0.2) is 0 Å². The molecule has 98 valence electrons. The lowest BCUT2D eigenvalue weighted by Gasteiger charge is -2.01. The van der Waals surface area contributed by atoms with Gasteiger partial charge < -0.3 is 0 Å². The number of unbranched alkanes of at least 4 members (excludes halogenated alkanes) is 9. The van der Waals surface area contributed by atoms with Gasteiger partial charge in [-0.25, -0.2) is 0 Å². The molecule has 0 aliphatic heterocycles.